The second kappa shape index (κ2) is 8.05. The molecule has 1 saturated heterocycles. The summed E-state index contributed by atoms with van der Waals surface area (Å²) in [5, 5.41) is 18.7. The van der Waals surface area contributed by atoms with Crippen LogP contribution in [0.2, 0.25) is 0 Å². The molecule has 0 N–H and O–H groups in total. The van der Waals surface area contributed by atoms with Crippen LogP contribution in [-0.4, -0.2) is 13.1 Å². The molecule has 0 bridgehead atoms. The Balaban J connectivity index is 2.02. The minimum absolute atomic E-state index is 0.341. The van der Waals surface area contributed by atoms with Crippen molar-refractivity contribution < 1.29 is 4.74 Å². The number of nitriles is 2. The van der Waals surface area contributed by atoms with Crippen molar-refractivity contribution in [3.05, 3.63) is 52.0 Å². The Labute approximate surface area is 156 Å². The summed E-state index contributed by atoms with van der Waals surface area (Å²) in [6.07, 6.45) is 4.70. The van der Waals surface area contributed by atoms with Crippen molar-refractivity contribution in [1.82, 2.24) is 0 Å². The molecule has 25 heavy (non-hydrogen) atoms. The average Bonchev–Trinajstić information content (AvgIpc) is 2.92. The van der Waals surface area contributed by atoms with E-state index in [4.69, 9.17) is 4.74 Å². The highest BCUT2D eigenvalue weighted by atomic mass is 79.9. The second-order valence-electron chi connectivity index (χ2n) is 6.05. The van der Waals surface area contributed by atoms with Gasteiger partial charge in [-0.25, -0.2) is 0 Å². The molecule has 0 amide bonds. The molecular formula is C20H18BrN3O. The molecule has 1 heterocycles. The van der Waals surface area contributed by atoms with Crippen LogP contribution in [0.15, 0.2) is 40.9 Å². The number of hydrogen-bond acceptors (Lipinski definition) is 4. The fourth-order valence-corrected chi connectivity index (χ4v) is 3.29. The summed E-state index contributed by atoms with van der Waals surface area (Å²) in [5.41, 5.74) is 1.62. The lowest BCUT2D eigenvalue weighted by Gasteiger charge is -2.25. The van der Waals surface area contributed by atoms with Gasteiger partial charge < -0.3 is 9.64 Å². The number of benzene rings is 2. The molecule has 2 aromatic carbocycles. The van der Waals surface area contributed by atoms with Gasteiger partial charge in [0.15, 0.2) is 5.75 Å². The van der Waals surface area contributed by atoms with Crippen LogP contribution in [-0.2, 0) is 0 Å². The summed E-state index contributed by atoms with van der Waals surface area (Å²) in [4.78, 5) is 2.27. The largest absolute Gasteiger partial charge is 0.455 e. The number of rotatable bonds is 3. The quantitative estimate of drug-likeness (QED) is 0.700. The van der Waals surface area contributed by atoms with Gasteiger partial charge in [-0.2, -0.15) is 10.5 Å². The lowest BCUT2D eigenvalue weighted by atomic mass is 10.1. The minimum Gasteiger partial charge on any atom is -0.455 e. The Morgan fingerprint density at radius 3 is 2.08 bits per heavy atom. The van der Waals surface area contributed by atoms with E-state index in [2.05, 4.69) is 33.0 Å². The van der Waals surface area contributed by atoms with E-state index in [1.807, 2.05) is 24.3 Å². The van der Waals surface area contributed by atoms with Crippen LogP contribution in [0.5, 0.6) is 11.5 Å². The highest BCUT2D eigenvalue weighted by molar-refractivity contribution is 9.10. The van der Waals surface area contributed by atoms with Crippen LogP contribution in [0.25, 0.3) is 0 Å². The van der Waals surface area contributed by atoms with Crippen LogP contribution in [0.1, 0.15) is 36.8 Å². The monoisotopic (exact) mass is 395 g/mol. The van der Waals surface area contributed by atoms with Crippen LogP contribution in [0.4, 0.5) is 5.69 Å². The van der Waals surface area contributed by atoms with Crippen molar-refractivity contribution >= 4 is 21.6 Å². The van der Waals surface area contributed by atoms with Crippen LogP contribution in [0, 0.1) is 22.7 Å². The predicted octanol–water partition coefficient (Wildman–Crippen LogP) is 5.37. The average molecular weight is 396 g/mol. The molecule has 0 aliphatic carbocycles. The first-order valence-corrected chi connectivity index (χ1v) is 9.17. The molecule has 0 aromatic heterocycles. The third-order valence-corrected chi connectivity index (χ3v) is 4.86. The molecule has 5 heteroatoms. The second-order valence-corrected chi connectivity index (χ2v) is 6.96. The minimum atomic E-state index is 0.341. The van der Waals surface area contributed by atoms with Crippen molar-refractivity contribution in [2.45, 2.75) is 25.7 Å². The van der Waals surface area contributed by atoms with Gasteiger partial charge >= 0.3 is 0 Å². The standard InChI is InChI=1S/C20H18BrN3O/c21-17-5-7-18(8-6-17)25-20-12-16(14-23)15(13-22)11-19(20)24-9-3-1-2-4-10-24/h5-8,11-12H,1-4,9-10H2. The normalized spacial score (nSPS) is 14.3. The van der Waals surface area contributed by atoms with Crippen molar-refractivity contribution in [2.75, 3.05) is 18.0 Å². The lowest BCUT2D eigenvalue weighted by Crippen LogP contribution is -2.24. The molecule has 1 fully saturated rings. The first-order chi connectivity index (χ1) is 12.2. The van der Waals surface area contributed by atoms with Crippen molar-refractivity contribution in [3.63, 3.8) is 0 Å². The Morgan fingerprint density at radius 2 is 1.48 bits per heavy atom. The third kappa shape index (κ3) is 4.13. The number of hydrogen-bond donors (Lipinski definition) is 0. The van der Waals surface area contributed by atoms with E-state index >= 15 is 0 Å². The number of anilines is 1. The van der Waals surface area contributed by atoms with E-state index in [0.29, 0.717) is 22.6 Å². The molecule has 0 unspecified atom stereocenters. The van der Waals surface area contributed by atoms with E-state index in [1.54, 1.807) is 12.1 Å². The molecule has 126 valence electrons. The van der Waals surface area contributed by atoms with Gasteiger partial charge in [-0.1, -0.05) is 28.8 Å². The summed E-state index contributed by atoms with van der Waals surface area (Å²) < 4.78 is 7.05. The van der Waals surface area contributed by atoms with Gasteiger partial charge in [0.25, 0.3) is 0 Å². The Hall–Kier alpha value is -2.50. The van der Waals surface area contributed by atoms with Crippen molar-refractivity contribution in [1.29, 1.82) is 10.5 Å². The molecule has 3 rings (SSSR count). The molecule has 4 nitrogen and oxygen atoms in total. The topological polar surface area (TPSA) is 60.0 Å². The summed E-state index contributed by atoms with van der Waals surface area (Å²) in [6, 6.07) is 15.3. The number of nitrogens with zero attached hydrogens (tertiary/aromatic N) is 3. The first kappa shape index (κ1) is 17.3. The van der Waals surface area contributed by atoms with E-state index in [-0.39, 0.29) is 0 Å². The van der Waals surface area contributed by atoms with E-state index < -0.39 is 0 Å². The van der Waals surface area contributed by atoms with Crippen molar-refractivity contribution in [2.24, 2.45) is 0 Å². The highest BCUT2D eigenvalue weighted by Crippen LogP contribution is 2.36. The first-order valence-electron chi connectivity index (χ1n) is 8.38. The summed E-state index contributed by atoms with van der Waals surface area (Å²) in [7, 11) is 0. The van der Waals surface area contributed by atoms with E-state index in [1.165, 1.54) is 12.8 Å². The van der Waals surface area contributed by atoms with Crippen LogP contribution >= 0.6 is 15.9 Å². The van der Waals surface area contributed by atoms with Gasteiger partial charge in [0.2, 0.25) is 0 Å². The molecule has 2 aromatic rings. The summed E-state index contributed by atoms with van der Waals surface area (Å²) >= 11 is 3.42. The van der Waals surface area contributed by atoms with E-state index in [9.17, 15) is 10.5 Å². The highest BCUT2D eigenvalue weighted by Gasteiger charge is 2.18. The van der Waals surface area contributed by atoms with E-state index in [0.717, 1.165) is 36.1 Å². The fraction of sp³-hybridized carbons (Fsp3) is 0.300. The van der Waals surface area contributed by atoms with Gasteiger partial charge in [-0.3, -0.25) is 0 Å². The molecule has 0 saturated carbocycles. The van der Waals surface area contributed by atoms with Crippen LogP contribution in [0.3, 0.4) is 0 Å². The zero-order valence-electron chi connectivity index (χ0n) is 13.8. The van der Waals surface area contributed by atoms with Gasteiger partial charge in [0.1, 0.15) is 17.9 Å². The maximum atomic E-state index is 9.37. The Morgan fingerprint density at radius 1 is 0.880 bits per heavy atom. The van der Waals surface area contributed by atoms with Gasteiger partial charge in [0, 0.05) is 23.6 Å². The molecule has 0 radical (unpaired) electrons. The molecule has 1 aliphatic rings. The van der Waals surface area contributed by atoms with Gasteiger partial charge in [-0.05, 0) is 43.2 Å². The summed E-state index contributed by atoms with van der Waals surface area (Å²) in [6.45, 7) is 1.88. The SMILES string of the molecule is N#Cc1cc(Oc2ccc(Br)cc2)c(N2CCCCCC2)cc1C#N. The molecular weight excluding hydrogens is 378 g/mol. The summed E-state index contributed by atoms with van der Waals surface area (Å²) in [5.74, 6) is 1.33. The Bertz CT molecular complexity index is 826. The zero-order chi connectivity index (χ0) is 17.6. The third-order valence-electron chi connectivity index (χ3n) is 4.33. The Kier molecular flexibility index (Phi) is 5.58. The molecule has 0 atom stereocenters. The zero-order valence-corrected chi connectivity index (χ0v) is 15.4. The predicted molar refractivity (Wildman–Crippen MR) is 101 cm³/mol. The molecule has 1 aliphatic heterocycles. The maximum absolute atomic E-state index is 9.37. The number of ether oxygens (including phenoxy) is 1. The lowest BCUT2D eigenvalue weighted by molar-refractivity contribution is 0.481. The van der Waals surface area contributed by atoms with Gasteiger partial charge in [-0.15, -0.1) is 0 Å². The van der Waals surface area contributed by atoms with Crippen molar-refractivity contribution in [3.8, 4) is 23.6 Å². The van der Waals surface area contributed by atoms with Crippen LogP contribution < -0.4 is 9.64 Å². The molecule has 0 spiro atoms. The maximum Gasteiger partial charge on any atom is 0.152 e. The van der Waals surface area contributed by atoms with Gasteiger partial charge in [0.05, 0.1) is 16.8 Å². The number of halogens is 1. The fourth-order valence-electron chi connectivity index (χ4n) is 3.02. The smallest absolute Gasteiger partial charge is 0.152 e.